The molecule has 1 amide bonds. The van der Waals surface area contributed by atoms with Gasteiger partial charge in [-0.05, 0) is 11.6 Å². The van der Waals surface area contributed by atoms with Crippen LogP contribution in [0.25, 0.3) is 0 Å². The predicted molar refractivity (Wildman–Crippen MR) is 93.8 cm³/mol. The molecule has 6 heteroatoms. The molecule has 2 fully saturated rings. The van der Waals surface area contributed by atoms with E-state index in [1.54, 1.807) is 10.9 Å². The summed E-state index contributed by atoms with van der Waals surface area (Å²) in [5.74, 6) is 0.188. The summed E-state index contributed by atoms with van der Waals surface area (Å²) in [5, 5.41) is 4.16. The van der Waals surface area contributed by atoms with Crippen LogP contribution in [0.5, 0.6) is 0 Å². The fourth-order valence-corrected chi connectivity index (χ4v) is 3.78. The lowest BCUT2D eigenvalue weighted by Gasteiger charge is -2.36. The maximum Gasteiger partial charge on any atom is 0.224 e. The van der Waals surface area contributed by atoms with Crippen molar-refractivity contribution in [3.8, 4) is 0 Å². The number of hydrogen-bond donors (Lipinski definition) is 0. The fourth-order valence-electron chi connectivity index (χ4n) is 3.78. The van der Waals surface area contributed by atoms with Gasteiger partial charge < -0.3 is 9.64 Å². The molecule has 132 valence electrons. The van der Waals surface area contributed by atoms with Crippen molar-refractivity contribution in [2.24, 2.45) is 0 Å². The van der Waals surface area contributed by atoms with Crippen LogP contribution >= 0.6 is 0 Å². The van der Waals surface area contributed by atoms with Gasteiger partial charge in [-0.2, -0.15) is 5.10 Å². The fraction of sp³-hybridized carbons (Fsp3) is 0.474. The summed E-state index contributed by atoms with van der Waals surface area (Å²) in [6.07, 6.45) is 4.25. The Kier molecular flexibility index (Phi) is 4.81. The first-order valence-corrected chi connectivity index (χ1v) is 8.94. The van der Waals surface area contributed by atoms with Crippen molar-refractivity contribution < 1.29 is 9.53 Å². The normalized spacial score (nSPS) is 23.6. The zero-order valence-corrected chi connectivity index (χ0v) is 14.3. The first-order chi connectivity index (χ1) is 12.3. The number of carbonyl (C=O) groups is 1. The van der Waals surface area contributed by atoms with Crippen LogP contribution in [0.2, 0.25) is 0 Å². The smallest absolute Gasteiger partial charge is 0.224 e. The molecule has 25 heavy (non-hydrogen) atoms. The molecule has 0 bridgehead atoms. The van der Waals surface area contributed by atoms with Gasteiger partial charge >= 0.3 is 0 Å². The van der Waals surface area contributed by atoms with Gasteiger partial charge in [0.25, 0.3) is 0 Å². The Morgan fingerprint density at radius 2 is 2.08 bits per heavy atom. The molecule has 4 rings (SSSR count). The van der Waals surface area contributed by atoms with E-state index in [1.165, 1.54) is 5.56 Å². The molecule has 2 atom stereocenters. The Morgan fingerprint density at radius 3 is 2.88 bits per heavy atom. The summed E-state index contributed by atoms with van der Waals surface area (Å²) in [7, 11) is 0. The highest BCUT2D eigenvalue weighted by molar-refractivity contribution is 5.76. The van der Waals surface area contributed by atoms with Gasteiger partial charge in [0, 0.05) is 51.5 Å². The second-order valence-electron chi connectivity index (χ2n) is 6.75. The Labute approximate surface area is 148 Å². The van der Waals surface area contributed by atoms with Gasteiger partial charge in [-0.3, -0.25) is 14.4 Å². The van der Waals surface area contributed by atoms with E-state index >= 15 is 0 Å². The number of aromatic nitrogens is 2. The van der Waals surface area contributed by atoms with Gasteiger partial charge in [-0.15, -0.1) is 0 Å². The van der Waals surface area contributed by atoms with Gasteiger partial charge in [0.1, 0.15) is 0 Å². The molecule has 0 radical (unpaired) electrons. The van der Waals surface area contributed by atoms with Crippen LogP contribution in [-0.4, -0.2) is 63.9 Å². The first kappa shape index (κ1) is 16.3. The molecule has 2 aromatic rings. The van der Waals surface area contributed by atoms with E-state index in [2.05, 4.69) is 34.3 Å². The molecule has 0 N–H and O–H groups in total. The molecule has 0 aliphatic carbocycles. The summed E-state index contributed by atoms with van der Waals surface area (Å²) in [6.45, 7) is 4.67. The number of aryl methyl sites for hydroxylation is 1. The molecule has 0 saturated carbocycles. The van der Waals surface area contributed by atoms with Crippen molar-refractivity contribution in [2.45, 2.75) is 31.7 Å². The number of likely N-dealkylation sites (tertiary alicyclic amines) is 1. The van der Waals surface area contributed by atoms with E-state index in [-0.39, 0.29) is 12.0 Å². The van der Waals surface area contributed by atoms with Crippen LogP contribution in [0, 0.1) is 0 Å². The van der Waals surface area contributed by atoms with Crippen LogP contribution in [0.15, 0.2) is 48.8 Å². The van der Waals surface area contributed by atoms with E-state index in [0.717, 1.165) is 26.2 Å². The quantitative estimate of drug-likeness (QED) is 0.825. The van der Waals surface area contributed by atoms with Crippen LogP contribution in [-0.2, 0) is 22.6 Å². The number of rotatable bonds is 5. The summed E-state index contributed by atoms with van der Waals surface area (Å²) < 4.78 is 7.75. The molecule has 2 aliphatic rings. The van der Waals surface area contributed by atoms with E-state index < -0.39 is 0 Å². The molecule has 2 unspecified atom stereocenters. The number of amides is 1. The van der Waals surface area contributed by atoms with Crippen LogP contribution in [0.1, 0.15) is 12.0 Å². The molecule has 1 aromatic heterocycles. The minimum atomic E-state index is 0.131. The van der Waals surface area contributed by atoms with E-state index in [4.69, 9.17) is 4.74 Å². The second kappa shape index (κ2) is 7.37. The van der Waals surface area contributed by atoms with Gasteiger partial charge in [0.2, 0.25) is 5.91 Å². The Bertz CT molecular complexity index is 689. The minimum absolute atomic E-state index is 0.131. The lowest BCUT2D eigenvalue weighted by Crippen LogP contribution is -2.50. The van der Waals surface area contributed by atoms with Crippen LogP contribution in [0.4, 0.5) is 0 Å². The molecule has 1 aromatic carbocycles. The zero-order chi connectivity index (χ0) is 17.1. The third kappa shape index (κ3) is 3.75. The number of morpholine rings is 1. The highest BCUT2D eigenvalue weighted by Crippen LogP contribution is 2.25. The summed E-state index contributed by atoms with van der Waals surface area (Å²) in [6, 6.07) is 12.7. The van der Waals surface area contributed by atoms with E-state index in [0.29, 0.717) is 25.6 Å². The average molecular weight is 340 g/mol. The highest BCUT2D eigenvalue weighted by atomic mass is 16.5. The first-order valence-electron chi connectivity index (χ1n) is 8.94. The van der Waals surface area contributed by atoms with Crippen molar-refractivity contribution in [3.05, 3.63) is 54.4 Å². The van der Waals surface area contributed by atoms with Gasteiger partial charge in [0.05, 0.1) is 18.8 Å². The molecular formula is C19H24N4O2. The van der Waals surface area contributed by atoms with Gasteiger partial charge in [0.15, 0.2) is 0 Å². The topological polar surface area (TPSA) is 50.6 Å². The average Bonchev–Trinajstić information content (AvgIpc) is 3.30. The van der Waals surface area contributed by atoms with E-state index in [9.17, 15) is 4.79 Å². The molecule has 0 spiro atoms. The number of ether oxygens (including phenoxy) is 1. The van der Waals surface area contributed by atoms with Crippen LogP contribution < -0.4 is 0 Å². The summed E-state index contributed by atoms with van der Waals surface area (Å²) >= 11 is 0. The molecular weight excluding hydrogens is 316 g/mol. The number of hydrogen-bond acceptors (Lipinski definition) is 4. The number of fused-ring (bicyclic) bond motifs is 1. The Balaban J connectivity index is 1.36. The van der Waals surface area contributed by atoms with Crippen molar-refractivity contribution in [3.63, 3.8) is 0 Å². The second-order valence-corrected chi connectivity index (χ2v) is 6.75. The van der Waals surface area contributed by atoms with Crippen molar-refractivity contribution in [1.29, 1.82) is 0 Å². The summed E-state index contributed by atoms with van der Waals surface area (Å²) in [5.41, 5.74) is 1.31. The highest BCUT2D eigenvalue weighted by Gasteiger charge is 2.41. The van der Waals surface area contributed by atoms with Gasteiger partial charge in [-0.25, -0.2) is 0 Å². The molecule has 2 aliphatic heterocycles. The summed E-state index contributed by atoms with van der Waals surface area (Å²) in [4.78, 5) is 17.0. The van der Waals surface area contributed by atoms with Crippen LogP contribution in [0.3, 0.4) is 0 Å². The lowest BCUT2D eigenvalue weighted by molar-refractivity contribution is -0.130. The SMILES string of the molecule is O=C(CCn1cccn1)N1CC2OCCN(Cc3ccccc3)C2C1. The van der Waals surface area contributed by atoms with Gasteiger partial charge in [-0.1, -0.05) is 30.3 Å². The van der Waals surface area contributed by atoms with Crippen molar-refractivity contribution >= 4 is 5.91 Å². The molecule has 2 saturated heterocycles. The number of carbonyl (C=O) groups excluding carboxylic acids is 1. The zero-order valence-electron chi connectivity index (χ0n) is 14.3. The van der Waals surface area contributed by atoms with E-state index in [1.807, 2.05) is 23.2 Å². The lowest BCUT2D eigenvalue weighted by atomic mass is 10.1. The predicted octanol–water partition coefficient (Wildman–Crippen LogP) is 1.38. The number of nitrogens with zero attached hydrogens (tertiary/aromatic N) is 4. The largest absolute Gasteiger partial charge is 0.373 e. The standard InChI is InChI=1S/C19H24N4O2/c24-19(7-10-23-9-4-8-20-23)22-14-17-18(15-22)25-12-11-21(17)13-16-5-2-1-3-6-16/h1-6,8-9,17-18H,7,10-15H2. The Morgan fingerprint density at radius 1 is 1.20 bits per heavy atom. The third-order valence-corrected chi connectivity index (χ3v) is 5.11. The Hall–Kier alpha value is -2.18. The molecule has 6 nitrogen and oxygen atoms in total. The molecule has 3 heterocycles. The van der Waals surface area contributed by atoms with Crippen molar-refractivity contribution in [2.75, 3.05) is 26.2 Å². The number of benzene rings is 1. The van der Waals surface area contributed by atoms with Crippen molar-refractivity contribution in [1.82, 2.24) is 19.6 Å². The maximum atomic E-state index is 12.6. The monoisotopic (exact) mass is 340 g/mol. The third-order valence-electron chi connectivity index (χ3n) is 5.11. The minimum Gasteiger partial charge on any atom is -0.373 e. The maximum absolute atomic E-state index is 12.6.